The number of halogens is 1. The summed E-state index contributed by atoms with van der Waals surface area (Å²) in [7, 11) is 1.87. The highest BCUT2D eigenvalue weighted by molar-refractivity contribution is 6.33. The Labute approximate surface area is 153 Å². The number of anilines is 1. The van der Waals surface area contributed by atoms with Gasteiger partial charge in [0.15, 0.2) is 0 Å². The summed E-state index contributed by atoms with van der Waals surface area (Å²) in [6, 6.07) is 17.8. The van der Waals surface area contributed by atoms with Crippen LogP contribution in [0.5, 0.6) is 0 Å². The van der Waals surface area contributed by atoms with E-state index in [-0.39, 0.29) is 0 Å². The van der Waals surface area contributed by atoms with Crippen LogP contribution in [0.15, 0.2) is 48.5 Å². The Bertz CT molecular complexity index is 774. The zero-order valence-corrected chi connectivity index (χ0v) is 15.1. The Morgan fingerprint density at radius 3 is 2.72 bits per heavy atom. The van der Waals surface area contributed by atoms with Crippen LogP contribution in [0.3, 0.4) is 0 Å². The predicted molar refractivity (Wildman–Crippen MR) is 101 cm³/mol. The van der Waals surface area contributed by atoms with Crippen molar-refractivity contribution in [1.29, 1.82) is 5.26 Å². The van der Waals surface area contributed by atoms with Gasteiger partial charge in [-0.25, -0.2) is 0 Å². The van der Waals surface area contributed by atoms with E-state index in [1.165, 1.54) is 5.56 Å². The van der Waals surface area contributed by atoms with E-state index in [1.54, 1.807) is 18.2 Å². The van der Waals surface area contributed by atoms with E-state index in [0.717, 1.165) is 13.1 Å². The Morgan fingerprint density at radius 2 is 2.00 bits per heavy atom. The molecule has 25 heavy (non-hydrogen) atoms. The third kappa shape index (κ3) is 4.13. The molecule has 0 aromatic heterocycles. The van der Waals surface area contributed by atoms with Gasteiger partial charge in [0.2, 0.25) is 0 Å². The summed E-state index contributed by atoms with van der Waals surface area (Å²) >= 11 is 6.29. The molecule has 1 atom stereocenters. The van der Waals surface area contributed by atoms with Crippen molar-refractivity contribution in [2.24, 2.45) is 0 Å². The predicted octanol–water partition coefficient (Wildman–Crippen LogP) is 3.28. The standard InChI is InChI=1S/C20H22ClN3O/c1-23(19-17(12-22)8-5-9-18(19)21)14-20(25)10-11-24(15-20)13-16-6-3-2-4-7-16/h2-9,25H,10-11,13-15H2,1H3. The molecule has 5 heteroatoms. The van der Waals surface area contributed by atoms with Crippen molar-refractivity contribution in [1.82, 2.24) is 4.90 Å². The first kappa shape index (κ1) is 17.8. The first-order chi connectivity index (χ1) is 12.0. The smallest absolute Gasteiger partial charge is 0.101 e. The molecule has 1 unspecified atom stereocenters. The summed E-state index contributed by atoms with van der Waals surface area (Å²) < 4.78 is 0. The number of hydrogen-bond acceptors (Lipinski definition) is 4. The molecule has 0 amide bonds. The molecule has 0 radical (unpaired) electrons. The van der Waals surface area contributed by atoms with E-state index in [4.69, 9.17) is 11.6 Å². The molecule has 1 heterocycles. The van der Waals surface area contributed by atoms with Crippen LogP contribution >= 0.6 is 11.6 Å². The molecule has 0 aliphatic carbocycles. The molecule has 0 bridgehead atoms. The minimum absolute atomic E-state index is 0.441. The van der Waals surface area contributed by atoms with Crippen molar-refractivity contribution in [2.75, 3.05) is 31.6 Å². The number of rotatable bonds is 5. The van der Waals surface area contributed by atoms with Crippen molar-refractivity contribution < 1.29 is 5.11 Å². The summed E-state index contributed by atoms with van der Waals surface area (Å²) in [6.45, 7) is 2.74. The van der Waals surface area contributed by atoms with Gasteiger partial charge >= 0.3 is 0 Å². The summed E-state index contributed by atoms with van der Waals surface area (Å²) in [5.41, 5.74) is 1.65. The average Bonchev–Trinajstić information content (AvgIpc) is 2.95. The monoisotopic (exact) mass is 355 g/mol. The third-order valence-corrected chi connectivity index (χ3v) is 4.99. The van der Waals surface area contributed by atoms with Crippen LogP contribution in [0.2, 0.25) is 5.02 Å². The molecule has 2 aromatic carbocycles. The Morgan fingerprint density at radius 1 is 1.24 bits per heavy atom. The van der Waals surface area contributed by atoms with E-state index < -0.39 is 5.60 Å². The summed E-state index contributed by atoms with van der Waals surface area (Å²) in [6.07, 6.45) is 0.705. The normalized spacial score (nSPS) is 20.4. The van der Waals surface area contributed by atoms with Crippen molar-refractivity contribution in [3.8, 4) is 6.07 Å². The van der Waals surface area contributed by atoms with E-state index in [9.17, 15) is 10.4 Å². The number of nitriles is 1. The fraction of sp³-hybridized carbons (Fsp3) is 0.350. The molecule has 0 saturated carbocycles. The van der Waals surface area contributed by atoms with Gasteiger partial charge in [-0.05, 0) is 24.1 Å². The maximum absolute atomic E-state index is 11.0. The maximum Gasteiger partial charge on any atom is 0.101 e. The lowest BCUT2D eigenvalue weighted by atomic mass is 10.0. The first-order valence-electron chi connectivity index (χ1n) is 8.39. The van der Waals surface area contributed by atoms with Gasteiger partial charge in [0.05, 0.1) is 21.9 Å². The molecule has 1 aliphatic heterocycles. The van der Waals surface area contributed by atoms with Gasteiger partial charge in [0.25, 0.3) is 0 Å². The minimum Gasteiger partial charge on any atom is -0.387 e. The van der Waals surface area contributed by atoms with Crippen LogP contribution < -0.4 is 4.90 Å². The summed E-state index contributed by atoms with van der Waals surface area (Å²) in [5, 5.41) is 20.9. The molecule has 4 nitrogen and oxygen atoms in total. The van der Waals surface area contributed by atoms with Gasteiger partial charge in [-0.3, -0.25) is 4.90 Å². The van der Waals surface area contributed by atoms with Gasteiger partial charge < -0.3 is 10.0 Å². The second-order valence-corrected chi connectivity index (χ2v) is 7.18. The van der Waals surface area contributed by atoms with Crippen molar-refractivity contribution in [3.05, 3.63) is 64.7 Å². The second kappa shape index (κ2) is 7.45. The fourth-order valence-electron chi connectivity index (χ4n) is 3.56. The van der Waals surface area contributed by atoms with Gasteiger partial charge in [0.1, 0.15) is 6.07 Å². The largest absolute Gasteiger partial charge is 0.387 e. The zero-order valence-electron chi connectivity index (χ0n) is 14.3. The van der Waals surface area contributed by atoms with Crippen LogP contribution in [-0.4, -0.2) is 42.3 Å². The minimum atomic E-state index is -0.810. The quantitative estimate of drug-likeness (QED) is 0.894. The zero-order chi connectivity index (χ0) is 17.9. The Kier molecular flexibility index (Phi) is 5.29. The molecule has 0 spiro atoms. The van der Waals surface area contributed by atoms with Crippen LogP contribution in [0.1, 0.15) is 17.5 Å². The molecular formula is C20H22ClN3O. The number of likely N-dealkylation sites (N-methyl/N-ethyl adjacent to an activating group) is 1. The molecular weight excluding hydrogens is 334 g/mol. The van der Waals surface area contributed by atoms with Crippen molar-refractivity contribution >= 4 is 17.3 Å². The van der Waals surface area contributed by atoms with Gasteiger partial charge in [0, 0.05) is 33.2 Å². The number of β-amino-alcohol motifs (C(OH)–C–C–N with tert-alkyl or cyclic N) is 1. The number of likely N-dealkylation sites (tertiary alicyclic amines) is 1. The second-order valence-electron chi connectivity index (χ2n) is 6.77. The highest BCUT2D eigenvalue weighted by Gasteiger charge is 2.37. The van der Waals surface area contributed by atoms with Gasteiger partial charge in [-0.2, -0.15) is 5.26 Å². The first-order valence-corrected chi connectivity index (χ1v) is 8.77. The number of benzene rings is 2. The number of hydrogen-bond donors (Lipinski definition) is 1. The molecule has 1 fully saturated rings. The highest BCUT2D eigenvalue weighted by Crippen LogP contribution is 2.31. The lowest BCUT2D eigenvalue weighted by Crippen LogP contribution is -2.44. The van der Waals surface area contributed by atoms with Crippen LogP contribution in [0.25, 0.3) is 0 Å². The summed E-state index contributed by atoms with van der Waals surface area (Å²) in [4.78, 5) is 4.16. The topological polar surface area (TPSA) is 50.5 Å². The summed E-state index contributed by atoms with van der Waals surface area (Å²) in [5.74, 6) is 0. The van der Waals surface area contributed by atoms with Gasteiger partial charge in [-0.15, -0.1) is 0 Å². The van der Waals surface area contributed by atoms with E-state index in [1.807, 2.05) is 30.1 Å². The van der Waals surface area contributed by atoms with Crippen LogP contribution in [-0.2, 0) is 6.54 Å². The molecule has 1 aliphatic rings. The van der Waals surface area contributed by atoms with Crippen molar-refractivity contribution in [3.63, 3.8) is 0 Å². The van der Waals surface area contributed by atoms with Gasteiger partial charge in [-0.1, -0.05) is 48.0 Å². The fourth-order valence-corrected chi connectivity index (χ4v) is 3.88. The molecule has 1 N–H and O–H groups in total. The average molecular weight is 356 g/mol. The Balaban J connectivity index is 1.68. The lowest BCUT2D eigenvalue weighted by molar-refractivity contribution is 0.0562. The number of para-hydroxylation sites is 1. The number of aliphatic hydroxyl groups is 1. The lowest BCUT2D eigenvalue weighted by Gasteiger charge is -2.31. The van der Waals surface area contributed by atoms with E-state index in [0.29, 0.717) is 35.8 Å². The van der Waals surface area contributed by atoms with Crippen molar-refractivity contribution in [2.45, 2.75) is 18.6 Å². The molecule has 1 saturated heterocycles. The van der Waals surface area contributed by atoms with E-state index >= 15 is 0 Å². The molecule has 3 rings (SSSR count). The highest BCUT2D eigenvalue weighted by atomic mass is 35.5. The number of nitrogens with zero attached hydrogens (tertiary/aromatic N) is 3. The maximum atomic E-state index is 11.0. The molecule has 130 valence electrons. The van der Waals surface area contributed by atoms with E-state index in [2.05, 4.69) is 23.1 Å². The SMILES string of the molecule is CN(CC1(O)CCN(Cc2ccccc2)C1)c1c(Cl)cccc1C#N. The molecule has 2 aromatic rings. The van der Waals surface area contributed by atoms with Crippen LogP contribution in [0, 0.1) is 11.3 Å². The van der Waals surface area contributed by atoms with Crippen LogP contribution in [0.4, 0.5) is 5.69 Å². The Hall–Kier alpha value is -2.06. The third-order valence-electron chi connectivity index (χ3n) is 4.68.